The van der Waals surface area contributed by atoms with Crippen LogP contribution in [0.4, 0.5) is 0 Å². The van der Waals surface area contributed by atoms with Crippen LogP contribution in [0.5, 0.6) is 0 Å². The van der Waals surface area contributed by atoms with E-state index in [2.05, 4.69) is 48.1 Å². The van der Waals surface area contributed by atoms with E-state index >= 15 is 0 Å². The molecule has 2 rings (SSSR count). The summed E-state index contributed by atoms with van der Waals surface area (Å²) in [5.41, 5.74) is 0.392. The zero-order valence-corrected chi connectivity index (χ0v) is 13.9. The normalized spacial score (nSPS) is 24.3. The number of furan rings is 1. The van der Waals surface area contributed by atoms with Crippen LogP contribution in [-0.4, -0.2) is 6.54 Å². The molecule has 1 fully saturated rings. The quantitative estimate of drug-likeness (QED) is 0.793. The molecule has 108 valence electrons. The summed E-state index contributed by atoms with van der Waals surface area (Å²) in [7, 11) is 0. The Labute approximate surface area is 125 Å². The van der Waals surface area contributed by atoms with Crippen LogP contribution >= 0.6 is 15.9 Å². The van der Waals surface area contributed by atoms with Crippen molar-refractivity contribution in [3.8, 4) is 0 Å². The van der Waals surface area contributed by atoms with Gasteiger partial charge in [-0.1, -0.05) is 33.6 Å². The molecule has 1 aliphatic carbocycles. The number of nitrogens with one attached hydrogen (secondary N) is 1. The molecule has 0 amide bonds. The molecule has 1 heterocycles. The third-order valence-electron chi connectivity index (χ3n) is 4.51. The third kappa shape index (κ3) is 3.63. The van der Waals surface area contributed by atoms with Gasteiger partial charge in [0.2, 0.25) is 0 Å². The summed E-state index contributed by atoms with van der Waals surface area (Å²) < 4.78 is 6.68. The molecule has 19 heavy (non-hydrogen) atoms. The Morgan fingerprint density at radius 3 is 2.79 bits per heavy atom. The molecule has 2 atom stereocenters. The van der Waals surface area contributed by atoms with Crippen LogP contribution < -0.4 is 5.32 Å². The zero-order valence-electron chi connectivity index (χ0n) is 12.3. The lowest BCUT2D eigenvalue weighted by atomic mass is 9.65. The summed E-state index contributed by atoms with van der Waals surface area (Å²) in [4.78, 5) is 0. The fourth-order valence-corrected chi connectivity index (χ4v) is 3.69. The molecule has 1 aromatic rings. The van der Waals surface area contributed by atoms with Gasteiger partial charge < -0.3 is 9.73 Å². The van der Waals surface area contributed by atoms with Gasteiger partial charge in [-0.15, -0.1) is 0 Å². The van der Waals surface area contributed by atoms with E-state index in [4.69, 9.17) is 4.42 Å². The summed E-state index contributed by atoms with van der Waals surface area (Å²) in [6, 6.07) is 4.47. The lowest BCUT2D eigenvalue weighted by Crippen LogP contribution is -2.39. The van der Waals surface area contributed by atoms with Gasteiger partial charge in [0.1, 0.15) is 5.76 Å². The highest BCUT2D eigenvalue weighted by atomic mass is 79.9. The van der Waals surface area contributed by atoms with E-state index in [1.54, 1.807) is 0 Å². The molecule has 0 spiro atoms. The number of halogens is 1. The van der Waals surface area contributed by atoms with Crippen molar-refractivity contribution in [2.24, 2.45) is 11.3 Å². The van der Waals surface area contributed by atoms with Gasteiger partial charge in [0.25, 0.3) is 0 Å². The van der Waals surface area contributed by atoms with Crippen LogP contribution in [-0.2, 0) is 0 Å². The van der Waals surface area contributed by atoms with Crippen molar-refractivity contribution < 1.29 is 4.42 Å². The first-order valence-corrected chi connectivity index (χ1v) is 8.32. The van der Waals surface area contributed by atoms with Crippen molar-refractivity contribution in [3.05, 3.63) is 22.6 Å². The third-order valence-corrected chi connectivity index (χ3v) is 4.93. The second-order valence-corrected chi connectivity index (χ2v) is 7.20. The van der Waals surface area contributed by atoms with E-state index in [1.165, 1.54) is 25.7 Å². The van der Waals surface area contributed by atoms with E-state index < -0.39 is 0 Å². The van der Waals surface area contributed by atoms with Crippen molar-refractivity contribution in [2.75, 3.05) is 6.54 Å². The highest BCUT2D eigenvalue weighted by molar-refractivity contribution is 9.10. The van der Waals surface area contributed by atoms with Crippen LogP contribution in [0.25, 0.3) is 0 Å². The summed E-state index contributed by atoms with van der Waals surface area (Å²) in [5, 5.41) is 3.71. The smallest absolute Gasteiger partial charge is 0.169 e. The molecule has 2 unspecified atom stereocenters. The molecule has 2 nitrogen and oxygen atoms in total. The fraction of sp³-hybridized carbons (Fsp3) is 0.750. The van der Waals surface area contributed by atoms with E-state index in [1.807, 2.05) is 6.07 Å². The predicted octanol–water partition coefficient (Wildman–Crippen LogP) is 5.30. The van der Waals surface area contributed by atoms with E-state index in [-0.39, 0.29) is 0 Å². The molecular weight excluding hydrogens is 302 g/mol. The lowest BCUT2D eigenvalue weighted by molar-refractivity contribution is 0.0889. The molecule has 1 saturated carbocycles. The maximum Gasteiger partial charge on any atom is 0.169 e. The van der Waals surface area contributed by atoms with E-state index in [9.17, 15) is 0 Å². The summed E-state index contributed by atoms with van der Waals surface area (Å²) in [5.74, 6) is 1.74. The van der Waals surface area contributed by atoms with Crippen molar-refractivity contribution in [3.63, 3.8) is 0 Å². The van der Waals surface area contributed by atoms with E-state index in [0.29, 0.717) is 17.4 Å². The topological polar surface area (TPSA) is 25.2 Å². The molecule has 1 aromatic heterocycles. The minimum Gasteiger partial charge on any atom is -0.453 e. The highest BCUT2D eigenvalue weighted by Crippen LogP contribution is 2.47. The maximum atomic E-state index is 5.84. The first-order chi connectivity index (χ1) is 9.04. The van der Waals surface area contributed by atoms with Gasteiger partial charge in [-0.3, -0.25) is 0 Å². The zero-order chi connectivity index (χ0) is 13.9. The van der Waals surface area contributed by atoms with Gasteiger partial charge >= 0.3 is 0 Å². The van der Waals surface area contributed by atoms with Gasteiger partial charge in [0.05, 0.1) is 6.04 Å². The van der Waals surface area contributed by atoms with Gasteiger partial charge in [-0.2, -0.15) is 0 Å². The molecule has 3 heteroatoms. The van der Waals surface area contributed by atoms with Crippen LogP contribution in [0, 0.1) is 11.3 Å². The van der Waals surface area contributed by atoms with Crippen molar-refractivity contribution in [1.82, 2.24) is 5.32 Å². The Hall–Kier alpha value is -0.280. The minimum atomic E-state index is 0.349. The van der Waals surface area contributed by atoms with Gasteiger partial charge in [0.15, 0.2) is 4.67 Å². The van der Waals surface area contributed by atoms with Gasteiger partial charge in [-0.05, 0) is 65.2 Å². The average Bonchev–Trinajstić information content (AvgIpc) is 2.78. The fourth-order valence-electron chi connectivity index (χ4n) is 3.38. The summed E-state index contributed by atoms with van der Waals surface area (Å²) in [6.45, 7) is 8.09. The molecule has 1 aliphatic rings. The van der Waals surface area contributed by atoms with Crippen LogP contribution in [0.1, 0.15) is 64.7 Å². The Bertz CT molecular complexity index is 399. The number of hydrogen-bond acceptors (Lipinski definition) is 2. The van der Waals surface area contributed by atoms with Crippen LogP contribution in [0.15, 0.2) is 21.2 Å². The highest BCUT2D eigenvalue weighted by Gasteiger charge is 2.39. The molecule has 0 saturated heterocycles. The molecule has 0 radical (unpaired) electrons. The van der Waals surface area contributed by atoms with Gasteiger partial charge in [0, 0.05) is 0 Å². The molecule has 0 aromatic carbocycles. The minimum absolute atomic E-state index is 0.349. The number of rotatable bonds is 5. The van der Waals surface area contributed by atoms with Gasteiger partial charge in [-0.25, -0.2) is 0 Å². The molecule has 0 aliphatic heterocycles. The molecular formula is C16H26BrNO. The van der Waals surface area contributed by atoms with Crippen molar-refractivity contribution >= 4 is 15.9 Å². The second kappa shape index (κ2) is 6.45. The SMILES string of the molecule is CCCNC(c1ccc(Br)o1)C1CCCCC1(C)C. The van der Waals surface area contributed by atoms with E-state index in [0.717, 1.165) is 23.4 Å². The second-order valence-electron chi connectivity index (χ2n) is 6.41. The molecule has 1 N–H and O–H groups in total. The predicted molar refractivity (Wildman–Crippen MR) is 83.2 cm³/mol. The standard InChI is InChI=1S/C16H26BrNO/c1-4-11-18-15(13-8-9-14(17)19-13)12-7-5-6-10-16(12,2)3/h8-9,12,15,18H,4-7,10-11H2,1-3H3. The Kier molecular flexibility index (Phi) is 5.13. The average molecular weight is 328 g/mol. The van der Waals surface area contributed by atoms with Crippen LogP contribution in [0.2, 0.25) is 0 Å². The number of hydrogen-bond donors (Lipinski definition) is 1. The summed E-state index contributed by atoms with van der Waals surface area (Å²) in [6.07, 6.45) is 6.49. The monoisotopic (exact) mass is 327 g/mol. The van der Waals surface area contributed by atoms with Crippen molar-refractivity contribution in [1.29, 1.82) is 0 Å². The lowest BCUT2D eigenvalue weighted by Gasteiger charge is -2.43. The maximum absolute atomic E-state index is 5.84. The Morgan fingerprint density at radius 2 is 2.21 bits per heavy atom. The first-order valence-electron chi connectivity index (χ1n) is 7.53. The molecule has 0 bridgehead atoms. The Morgan fingerprint density at radius 1 is 1.42 bits per heavy atom. The first kappa shape index (κ1) is 15.1. The van der Waals surface area contributed by atoms with Crippen molar-refractivity contribution in [2.45, 2.75) is 58.9 Å². The summed E-state index contributed by atoms with van der Waals surface area (Å²) >= 11 is 3.43. The van der Waals surface area contributed by atoms with Crippen LogP contribution in [0.3, 0.4) is 0 Å². The Balaban J connectivity index is 2.21. The largest absolute Gasteiger partial charge is 0.453 e.